The average molecular weight is 518 g/mol. The Morgan fingerprint density at radius 1 is 0.973 bits per heavy atom. The number of benzene rings is 1. The van der Waals surface area contributed by atoms with Crippen LogP contribution >= 0.6 is 0 Å². The molecule has 0 aliphatic heterocycles. The van der Waals surface area contributed by atoms with E-state index < -0.39 is 17.6 Å². The van der Waals surface area contributed by atoms with Gasteiger partial charge >= 0.3 is 0 Å². The number of aromatic nitrogens is 1. The number of hydrogen-bond donors (Lipinski definition) is 0. The summed E-state index contributed by atoms with van der Waals surface area (Å²) in [5, 5.41) is 0. The van der Waals surface area contributed by atoms with Crippen molar-refractivity contribution < 1.29 is 17.9 Å². The lowest BCUT2D eigenvalue weighted by Gasteiger charge is -2.26. The molecule has 0 amide bonds. The molecule has 0 N–H and O–H groups in total. The largest absolute Gasteiger partial charge is 0.488 e. The Morgan fingerprint density at radius 2 is 1.73 bits per heavy atom. The Labute approximate surface area is 222 Å². The van der Waals surface area contributed by atoms with Crippen molar-refractivity contribution in [2.75, 3.05) is 6.61 Å². The van der Waals surface area contributed by atoms with Gasteiger partial charge in [0.2, 0.25) is 5.95 Å². The SMILES string of the molecule is CCCCCCc1ccc(C2CCc3c(cc(F)c(OCCCCCCC[C@H](C)CC)c3F)C2)nc1F. The lowest BCUT2D eigenvalue weighted by molar-refractivity contribution is 0.272. The van der Waals surface area contributed by atoms with E-state index in [0.29, 0.717) is 54.7 Å². The Kier molecular flexibility index (Phi) is 12.3. The number of hydrogen-bond acceptors (Lipinski definition) is 2. The lowest BCUT2D eigenvalue weighted by atomic mass is 9.81. The van der Waals surface area contributed by atoms with Crippen LogP contribution in [0.1, 0.15) is 126 Å². The number of fused-ring (bicyclic) bond motifs is 1. The number of pyridine rings is 1. The summed E-state index contributed by atoms with van der Waals surface area (Å²) in [7, 11) is 0. The number of aryl methyl sites for hydroxylation is 1. The lowest BCUT2D eigenvalue weighted by Crippen LogP contribution is -2.17. The quantitative estimate of drug-likeness (QED) is 0.163. The van der Waals surface area contributed by atoms with E-state index >= 15 is 4.39 Å². The van der Waals surface area contributed by atoms with Crippen LogP contribution < -0.4 is 4.74 Å². The van der Waals surface area contributed by atoms with Gasteiger partial charge < -0.3 is 4.74 Å². The molecule has 0 bridgehead atoms. The first-order valence-corrected chi connectivity index (χ1v) is 14.7. The summed E-state index contributed by atoms with van der Waals surface area (Å²) in [5.41, 5.74) is 2.50. The van der Waals surface area contributed by atoms with Crippen LogP contribution in [0.3, 0.4) is 0 Å². The molecule has 0 radical (unpaired) electrons. The van der Waals surface area contributed by atoms with Gasteiger partial charge in [-0.15, -0.1) is 0 Å². The van der Waals surface area contributed by atoms with Gasteiger partial charge in [-0.25, -0.2) is 13.8 Å². The molecule has 0 spiro atoms. The topological polar surface area (TPSA) is 22.1 Å². The van der Waals surface area contributed by atoms with Crippen molar-refractivity contribution in [2.24, 2.45) is 5.92 Å². The highest BCUT2D eigenvalue weighted by Crippen LogP contribution is 2.37. The van der Waals surface area contributed by atoms with E-state index in [9.17, 15) is 8.78 Å². The van der Waals surface area contributed by atoms with Crippen LogP contribution in [0.25, 0.3) is 0 Å². The first kappa shape index (κ1) is 29.5. The van der Waals surface area contributed by atoms with Crippen molar-refractivity contribution in [2.45, 2.75) is 123 Å². The van der Waals surface area contributed by atoms with Gasteiger partial charge in [0.05, 0.1) is 6.61 Å². The third-order valence-corrected chi connectivity index (χ3v) is 8.03. The van der Waals surface area contributed by atoms with Crippen molar-refractivity contribution in [3.8, 4) is 5.75 Å². The van der Waals surface area contributed by atoms with Crippen LogP contribution in [-0.4, -0.2) is 11.6 Å². The van der Waals surface area contributed by atoms with Gasteiger partial charge in [-0.2, -0.15) is 4.39 Å². The van der Waals surface area contributed by atoms with Gasteiger partial charge in [0.15, 0.2) is 17.4 Å². The molecule has 2 atom stereocenters. The molecule has 1 unspecified atom stereocenters. The molecule has 1 aliphatic carbocycles. The molecular weight excluding hydrogens is 471 g/mol. The van der Waals surface area contributed by atoms with Gasteiger partial charge in [-0.3, -0.25) is 0 Å². The minimum atomic E-state index is -0.646. The second kappa shape index (κ2) is 15.4. The Morgan fingerprint density at radius 3 is 2.49 bits per heavy atom. The Bertz CT molecular complexity index is 977. The van der Waals surface area contributed by atoms with Crippen LogP contribution in [-0.2, 0) is 19.3 Å². The average Bonchev–Trinajstić information content (AvgIpc) is 2.89. The van der Waals surface area contributed by atoms with Crippen molar-refractivity contribution in [1.82, 2.24) is 4.98 Å². The van der Waals surface area contributed by atoms with E-state index in [-0.39, 0.29) is 11.7 Å². The molecule has 0 saturated carbocycles. The molecule has 206 valence electrons. The second-order valence-corrected chi connectivity index (χ2v) is 11.0. The molecule has 37 heavy (non-hydrogen) atoms. The fraction of sp³-hybridized carbons (Fsp3) is 0.656. The maximum Gasteiger partial charge on any atom is 0.216 e. The fourth-order valence-corrected chi connectivity index (χ4v) is 5.35. The Hall–Kier alpha value is -2.04. The van der Waals surface area contributed by atoms with Crippen LogP contribution in [0.2, 0.25) is 0 Å². The molecule has 1 aromatic heterocycles. The van der Waals surface area contributed by atoms with Crippen molar-refractivity contribution in [3.05, 3.63) is 58.2 Å². The number of ether oxygens (including phenoxy) is 1. The summed E-state index contributed by atoms with van der Waals surface area (Å²) in [6.07, 6.45) is 14.6. The van der Waals surface area contributed by atoms with Crippen molar-refractivity contribution in [1.29, 1.82) is 0 Å². The predicted octanol–water partition coefficient (Wildman–Crippen LogP) is 9.66. The van der Waals surface area contributed by atoms with Crippen molar-refractivity contribution >= 4 is 0 Å². The van der Waals surface area contributed by atoms with E-state index in [4.69, 9.17) is 4.74 Å². The molecule has 1 aliphatic rings. The van der Waals surface area contributed by atoms with Crippen LogP contribution in [0.5, 0.6) is 5.75 Å². The summed E-state index contributed by atoms with van der Waals surface area (Å²) in [4.78, 5) is 4.24. The summed E-state index contributed by atoms with van der Waals surface area (Å²) in [5.74, 6) is -1.11. The predicted molar refractivity (Wildman–Crippen MR) is 146 cm³/mol. The smallest absolute Gasteiger partial charge is 0.216 e. The van der Waals surface area contributed by atoms with Gasteiger partial charge in [0.25, 0.3) is 0 Å². The highest BCUT2D eigenvalue weighted by molar-refractivity contribution is 5.42. The Balaban J connectivity index is 1.51. The maximum atomic E-state index is 15.2. The third kappa shape index (κ3) is 8.75. The number of halogens is 3. The molecule has 5 heteroatoms. The highest BCUT2D eigenvalue weighted by atomic mass is 19.1. The molecule has 1 aromatic carbocycles. The van der Waals surface area contributed by atoms with Crippen molar-refractivity contribution in [3.63, 3.8) is 0 Å². The van der Waals surface area contributed by atoms with E-state index in [1.54, 1.807) is 0 Å². The van der Waals surface area contributed by atoms with Gasteiger partial charge in [0, 0.05) is 17.2 Å². The van der Waals surface area contributed by atoms with Crippen LogP contribution in [0.15, 0.2) is 18.2 Å². The third-order valence-electron chi connectivity index (χ3n) is 8.03. The molecule has 2 aromatic rings. The summed E-state index contributed by atoms with van der Waals surface area (Å²) in [6, 6.07) is 5.14. The molecule has 0 fully saturated rings. The fourth-order valence-electron chi connectivity index (χ4n) is 5.35. The second-order valence-electron chi connectivity index (χ2n) is 11.0. The summed E-state index contributed by atoms with van der Waals surface area (Å²) >= 11 is 0. The maximum absolute atomic E-state index is 15.2. The van der Waals surface area contributed by atoms with E-state index in [2.05, 4.69) is 25.8 Å². The van der Waals surface area contributed by atoms with Gasteiger partial charge in [-0.1, -0.05) is 84.6 Å². The standard InChI is InChI=1S/C32H46F3NO/c1-4-6-7-12-15-24-17-19-29(36-32(24)35)25-16-18-27-26(21-25)22-28(33)31(30(27)34)37-20-13-10-8-9-11-14-23(3)5-2/h17,19,22-23,25H,4-16,18,20-21H2,1-3H3/t23-,25?/m1/s1. The zero-order valence-corrected chi connectivity index (χ0v) is 23.2. The van der Waals surface area contributed by atoms with E-state index in [1.165, 1.54) is 31.7 Å². The van der Waals surface area contributed by atoms with E-state index in [0.717, 1.165) is 50.9 Å². The number of unbranched alkanes of at least 4 members (excludes halogenated alkanes) is 7. The van der Waals surface area contributed by atoms with Crippen LogP contribution in [0.4, 0.5) is 13.2 Å². The minimum absolute atomic E-state index is 0.0398. The molecule has 1 heterocycles. The van der Waals surface area contributed by atoms with E-state index in [1.807, 2.05) is 12.1 Å². The minimum Gasteiger partial charge on any atom is -0.488 e. The van der Waals surface area contributed by atoms with Crippen LogP contribution in [0, 0.1) is 23.5 Å². The molecule has 3 rings (SSSR count). The first-order valence-electron chi connectivity index (χ1n) is 14.7. The molecular formula is C32H46F3NO. The molecule has 0 saturated heterocycles. The highest BCUT2D eigenvalue weighted by Gasteiger charge is 2.28. The monoisotopic (exact) mass is 517 g/mol. The zero-order chi connectivity index (χ0) is 26.6. The summed E-state index contributed by atoms with van der Waals surface area (Å²) in [6.45, 7) is 7.00. The molecule has 2 nitrogen and oxygen atoms in total. The zero-order valence-electron chi connectivity index (χ0n) is 23.2. The van der Waals surface area contributed by atoms with Gasteiger partial charge in [0.1, 0.15) is 0 Å². The normalized spacial score (nSPS) is 16.0. The summed E-state index contributed by atoms with van der Waals surface area (Å²) < 4.78 is 50.2. The first-order chi connectivity index (χ1) is 17.9. The number of nitrogens with zero attached hydrogens (tertiary/aromatic N) is 1. The number of rotatable bonds is 16. The van der Waals surface area contributed by atoms with Gasteiger partial charge in [-0.05, 0) is 67.7 Å².